The molecule has 0 atom stereocenters. The van der Waals surface area contributed by atoms with Crippen molar-refractivity contribution in [2.45, 2.75) is 71.1 Å². The van der Waals surface area contributed by atoms with Crippen LogP contribution < -0.4 is 18.9 Å². The summed E-state index contributed by atoms with van der Waals surface area (Å²) >= 11 is 0. The Bertz CT molecular complexity index is 774. The Hall–Kier alpha value is -2.36. The Balaban J connectivity index is 2.68. The number of methoxy groups -OCH3 is 3. The first-order valence-electron chi connectivity index (χ1n) is 11.1. The lowest BCUT2D eigenvalue weighted by Crippen LogP contribution is -2.40. The molecule has 32 heavy (non-hydrogen) atoms. The summed E-state index contributed by atoms with van der Waals surface area (Å²) in [6.07, 6.45) is 9.12. The Kier molecular flexibility index (Phi) is 12.7. The van der Waals surface area contributed by atoms with Gasteiger partial charge in [-0.05, 0) is 6.42 Å². The molecule has 0 saturated heterocycles. The number of benzene rings is 1. The first kappa shape index (κ1) is 27.7. The van der Waals surface area contributed by atoms with Crippen LogP contribution in [0, 0.1) is 0 Å². The van der Waals surface area contributed by atoms with Crippen LogP contribution in [-0.2, 0) is 10.2 Å². The third-order valence-corrected chi connectivity index (χ3v) is 6.55. The van der Waals surface area contributed by atoms with Crippen LogP contribution in [0.1, 0.15) is 71.1 Å². The van der Waals surface area contributed by atoms with E-state index in [0.29, 0.717) is 16.5 Å². The van der Waals surface area contributed by atoms with E-state index in [1.54, 1.807) is 0 Å². The molecule has 0 aliphatic heterocycles. The number of ether oxygens (including phenoxy) is 3. The molecule has 0 aromatic heterocycles. The zero-order valence-electron chi connectivity index (χ0n) is 19.7. The first-order valence-corrected chi connectivity index (χ1v) is 12.6. The molecule has 0 radical (unpaired) electrons. The molecular weight excluding hydrogens is 436 g/mol. The lowest BCUT2D eigenvalue weighted by atomic mass is 10.1. The van der Waals surface area contributed by atoms with Crippen LogP contribution in [0.2, 0.25) is 0 Å². The average Bonchev–Trinajstić information content (AvgIpc) is 2.76. The van der Waals surface area contributed by atoms with Crippen molar-refractivity contribution in [3.8, 4) is 17.2 Å². The number of amides is 1. The molecule has 0 aliphatic carbocycles. The van der Waals surface area contributed by atoms with Gasteiger partial charge in [-0.2, -0.15) is 12.7 Å². The summed E-state index contributed by atoms with van der Waals surface area (Å²) in [5.74, 6) is 0.699. The minimum absolute atomic E-state index is 0.00474. The second-order valence-corrected chi connectivity index (χ2v) is 9.15. The van der Waals surface area contributed by atoms with Gasteiger partial charge in [0.15, 0.2) is 11.5 Å². The van der Waals surface area contributed by atoms with E-state index in [2.05, 4.69) is 11.6 Å². The maximum absolute atomic E-state index is 12.8. The molecule has 0 saturated carbocycles. The van der Waals surface area contributed by atoms with E-state index in [9.17, 15) is 18.3 Å². The van der Waals surface area contributed by atoms with Crippen molar-refractivity contribution in [3.05, 3.63) is 12.1 Å². The number of unbranched alkanes of at least 4 members (excludes halogenated alkanes) is 9. The normalized spacial score (nSPS) is 11.1. The van der Waals surface area contributed by atoms with Gasteiger partial charge in [-0.3, -0.25) is 4.72 Å². The highest BCUT2D eigenvalue weighted by Crippen LogP contribution is 2.39. The third-order valence-electron chi connectivity index (χ3n) is 5.16. The smallest absolute Gasteiger partial charge is 0.422 e. The number of carbonyl (C=O) groups is 1. The average molecular weight is 475 g/mol. The van der Waals surface area contributed by atoms with E-state index in [4.69, 9.17) is 14.2 Å². The number of rotatable bonds is 17. The highest BCUT2D eigenvalue weighted by Gasteiger charge is 2.29. The fourth-order valence-electron chi connectivity index (χ4n) is 3.35. The quantitative estimate of drug-likeness (QED) is 0.296. The maximum Gasteiger partial charge on any atom is 0.422 e. The van der Waals surface area contributed by atoms with Crippen LogP contribution in [0.25, 0.3) is 0 Å². The minimum Gasteiger partial charge on any atom is -0.496 e. The SMILES string of the molecule is CCCCCCCCCCCCN(C(=O)O)S(=O)(=O)Nc1c(OC)cc(OC)cc1OC. The molecule has 10 heteroatoms. The molecule has 1 aromatic rings. The van der Waals surface area contributed by atoms with Crippen molar-refractivity contribution in [1.82, 2.24) is 4.31 Å². The highest BCUT2D eigenvalue weighted by molar-refractivity contribution is 7.90. The van der Waals surface area contributed by atoms with Gasteiger partial charge in [-0.25, -0.2) is 4.79 Å². The molecule has 0 spiro atoms. The van der Waals surface area contributed by atoms with Crippen LogP contribution >= 0.6 is 0 Å². The van der Waals surface area contributed by atoms with Crippen LogP contribution in [-0.4, -0.2) is 51.8 Å². The van der Waals surface area contributed by atoms with Crippen LogP contribution in [0.15, 0.2) is 12.1 Å². The maximum atomic E-state index is 12.8. The molecule has 2 N–H and O–H groups in total. The summed E-state index contributed by atoms with van der Waals surface area (Å²) in [4.78, 5) is 11.7. The topological polar surface area (TPSA) is 114 Å². The lowest BCUT2D eigenvalue weighted by Gasteiger charge is -2.22. The van der Waals surface area contributed by atoms with Gasteiger partial charge in [-0.15, -0.1) is 0 Å². The van der Waals surface area contributed by atoms with Crippen molar-refractivity contribution in [2.24, 2.45) is 0 Å². The first-order chi connectivity index (χ1) is 15.3. The van der Waals surface area contributed by atoms with E-state index in [1.165, 1.54) is 65.6 Å². The molecule has 1 amide bonds. The van der Waals surface area contributed by atoms with Gasteiger partial charge >= 0.3 is 16.3 Å². The Labute approximate surface area is 192 Å². The van der Waals surface area contributed by atoms with Gasteiger partial charge in [0.1, 0.15) is 11.4 Å². The molecule has 0 unspecified atom stereocenters. The second kappa shape index (κ2) is 14.7. The summed E-state index contributed by atoms with van der Waals surface area (Å²) in [6.45, 7) is 2.07. The van der Waals surface area contributed by atoms with E-state index in [-0.39, 0.29) is 23.7 Å². The van der Waals surface area contributed by atoms with Gasteiger partial charge in [0.2, 0.25) is 0 Å². The molecule has 0 heterocycles. The van der Waals surface area contributed by atoms with Crippen molar-refractivity contribution in [3.63, 3.8) is 0 Å². The zero-order valence-corrected chi connectivity index (χ0v) is 20.5. The monoisotopic (exact) mass is 474 g/mol. The number of nitrogens with one attached hydrogen (secondary N) is 1. The number of carboxylic acid groups (broad SMARTS) is 1. The fourth-order valence-corrected chi connectivity index (χ4v) is 4.50. The predicted molar refractivity (Wildman–Crippen MR) is 125 cm³/mol. The highest BCUT2D eigenvalue weighted by atomic mass is 32.2. The zero-order chi connectivity index (χ0) is 24.0. The lowest BCUT2D eigenvalue weighted by molar-refractivity contribution is 0.172. The van der Waals surface area contributed by atoms with E-state index in [0.717, 1.165) is 25.7 Å². The van der Waals surface area contributed by atoms with Crippen molar-refractivity contribution < 1.29 is 32.5 Å². The molecular formula is C22H38N2O7S. The summed E-state index contributed by atoms with van der Waals surface area (Å²) < 4.78 is 43.9. The molecule has 184 valence electrons. The van der Waals surface area contributed by atoms with Crippen molar-refractivity contribution in [2.75, 3.05) is 32.6 Å². The van der Waals surface area contributed by atoms with Crippen molar-refractivity contribution >= 4 is 22.0 Å². The van der Waals surface area contributed by atoms with Crippen LogP contribution in [0.4, 0.5) is 10.5 Å². The second-order valence-electron chi connectivity index (χ2n) is 7.55. The fraction of sp³-hybridized carbons (Fsp3) is 0.682. The van der Waals surface area contributed by atoms with Gasteiger partial charge < -0.3 is 19.3 Å². The summed E-state index contributed by atoms with van der Waals surface area (Å²) in [5, 5.41) is 9.49. The number of hydrogen-bond donors (Lipinski definition) is 2. The molecule has 0 bridgehead atoms. The summed E-state index contributed by atoms with van der Waals surface area (Å²) in [5.41, 5.74) is 0.00474. The summed E-state index contributed by atoms with van der Waals surface area (Å²) in [6, 6.07) is 2.96. The van der Waals surface area contributed by atoms with Gasteiger partial charge in [-0.1, -0.05) is 64.7 Å². The number of hydrogen-bond acceptors (Lipinski definition) is 6. The third kappa shape index (κ3) is 9.02. The molecule has 1 rings (SSSR count). The van der Waals surface area contributed by atoms with E-state index in [1.807, 2.05) is 0 Å². The molecule has 9 nitrogen and oxygen atoms in total. The Morgan fingerprint density at radius 1 is 0.875 bits per heavy atom. The van der Waals surface area contributed by atoms with Gasteiger partial charge in [0.05, 0.1) is 21.3 Å². The van der Waals surface area contributed by atoms with Crippen LogP contribution in [0.5, 0.6) is 17.2 Å². The molecule has 0 aliphatic rings. The van der Waals surface area contributed by atoms with E-state index < -0.39 is 16.3 Å². The largest absolute Gasteiger partial charge is 0.496 e. The molecule has 1 aromatic carbocycles. The van der Waals surface area contributed by atoms with Gasteiger partial charge in [0.25, 0.3) is 0 Å². The Morgan fingerprint density at radius 2 is 1.34 bits per heavy atom. The molecule has 0 fully saturated rings. The Morgan fingerprint density at radius 3 is 1.75 bits per heavy atom. The predicted octanol–water partition coefficient (Wildman–Crippen LogP) is 5.27. The minimum atomic E-state index is -4.39. The van der Waals surface area contributed by atoms with Gasteiger partial charge in [0, 0.05) is 18.7 Å². The summed E-state index contributed by atoms with van der Waals surface area (Å²) in [7, 11) is -0.200. The number of nitrogens with zero attached hydrogens (tertiary/aromatic N) is 1. The van der Waals surface area contributed by atoms with Crippen LogP contribution in [0.3, 0.4) is 0 Å². The van der Waals surface area contributed by atoms with E-state index >= 15 is 0 Å². The van der Waals surface area contributed by atoms with Crippen molar-refractivity contribution in [1.29, 1.82) is 0 Å². The standard InChI is InChI=1S/C22H38N2O7S/c1-5-6-7-8-9-10-11-12-13-14-15-24(22(25)26)32(27,28)23-21-19(30-3)16-18(29-2)17-20(21)31-4/h16-17,23H,5-15H2,1-4H3,(H,25,26). The number of anilines is 1.